The van der Waals surface area contributed by atoms with Gasteiger partial charge in [-0.3, -0.25) is 9.59 Å². The van der Waals surface area contributed by atoms with E-state index in [0.29, 0.717) is 11.1 Å². The molecule has 0 aliphatic carbocycles. The van der Waals surface area contributed by atoms with Crippen LogP contribution in [-0.2, 0) is 9.47 Å². The van der Waals surface area contributed by atoms with E-state index in [1.54, 1.807) is 60.7 Å². The average molecular weight is 403 g/mol. The fourth-order valence-corrected chi connectivity index (χ4v) is 2.47. The molecule has 0 bridgehead atoms. The quantitative estimate of drug-likeness (QED) is 0.421. The van der Waals surface area contributed by atoms with Crippen LogP contribution in [-0.4, -0.2) is 41.7 Å². The second-order valence-corrected chi connectivity index (χ2v) is 6.16. The largest absolute Gasteiger partial charge is 0.454 e. The Balaban J connectivity index is 1.51. The molecule has 0 aliphatic heterocycles. The standard InChI is InChI=1S/C23H17NO6/c25-20(16-7-3-1-4-8-16)14-29-22(27)18-11-12-19(24-13-18)23(28)30-15-21(26)17-9-5-2-6-10-17/h1-13H,14-15H2. The minimum atomic E-state index is -0.793. The van der Waals surface area contributed by atoms with Crippen LogP contribution >= 0.6 is 0 Å². The number of Topliss-reactive ketones (excluding diaryl/α,β-unsaturated/α-hetero) is 2. The van der Waals surface area contributed by atoms with Crippen molar-refractivity contribution < 1.29 is 28.7 Å². The maximum Gasteiger partial charge on any atom is 0.357 e. The third-order valence-electron chi connectivity index (χ3n) is 4.07. The van der Waals surface area contributed by atoms with Crippen LogP contribution in [0, 0.1) is 0 Å². The Morgan fingerprint density at radius 1 is 0.600 bits per heavy atom. The molecule has 3 rings (SSSR count). The van der Waals surface area contributed by atoms with E-state index in [1.165, 1.54) is 12.1 Å². The predicted molar refractivity (Wildman–Crippen MR) is 106 cm³/mol. The minimum absolute atomic E-state index is 0.0622. The third-order valence-corrected chi connectivity index (χ3v) is 4.07. The number of nitrogens with zero attached hydrogens (tertiary/aromatic N) is 1. The molecule has 1 aromatic heterocycles. The number of pyridine rings is 1. The monoisotopic (exact) mass is 403 g/mol. The van der Waals surface area contributed by atoms with Gasteiger partial charge >= 0.3 is 11.9 Å². The zero-order valence-corrected chi connectivity index (χ0v) is 15.8. The predicted octanol–water partition coefficient (Wildman–Crippen LogP) is 3.16. The van der Waals surface area contributed by atoms with E-state index in [0.717, 1.165) is 6.20 Å². The van der Waals surface area contributed by atoms with E-state index >= 15 is 0 Å². The molecule has 0 atom stereocenters. The number of aromatic nitrogens is 1. The first-order valence-corrected chi connectivity index (χ1v) is 9.01. The molecule has 2 aromatic carbocycles. The summed E-state index contributed by atoms with van der Waals surface area (Å²) in [5.41, 5.74) is 0.883. The summed E-state index contributed by atoms with van der Waals surface area (Å²) in [7, 11) is 0. The van der Waals surface area contributed by atoms with Gasteiger partial charge in [-0.25, -0.2) is 14.6 Å². The van der Waals surface area contributed by atoms with Crippen molar-refractivity contribution in [2.75, 3.05) is 13.2 Å². The number of rotatable bonds is 8. The maximum absolute atomic E-state index is 12.1. The molecule has 0 radical (unpaired) electrons. The van der Waals surface area contributed by atoms with Crippen molar-refractivity contribution in [3.05, 3.63) is 101 Å². The van der Waals surface area contributed by atoms with Crippen molar-refractivity contribution in [1.82, 2.24) is 4.98 Å². The maximum atomic E-state index is 12.1. The highest BCUT2D eigenvalue weighted by molar-refractivity contribution is 6.00. The summed E-state index contributed by atoms with van der Waals surface area (Å²) in [5.74, 6) is -2.21. The molecule has 0 saturated carbocycles. The second kappa shape index (κ2) is 9.88. The second-order valence-electron chi connectivity index (χ2n) is 6.16. The Labute approximate surface area is 172 Å². The van der Waals surface area contributed by atoms with E-state index in [2.05, 4.69) is 4.98 Å². The van der Waals surface area contributed by atoms with Crippen molar-refractivity contribution >= 4 is 23.5 Å². The van der Waals surface area contributed by atoms with E-state index in [1.807, 2.05) is 0 Å². The lowest BCUT2D eigenvalue weighted by Crippen LogP contribution is -2.16. The minimum Gasteiger partial charge on any atom is -0.454 e. The summed E-state index contributed by atoms with van der Waals surface area (Å²) in [4.78, 5) is 51.9. The van der Waals surface area contributed by atoms with E-state index in [9.17, 15) is 19.2 Å². The molecule has 30 heavy (non-hydrogen) atoms. The summed E-state index contributed by atoms with van der Waals surface area (Å²) >= 11 is 0. The molecule has 0 fully saturated rings. The summed E-state index contributed by atoms with van der Waals surface area (Å²) in [5, 5.41) is 0. The third kappa shape index (κ3) is 5.45. The topological polar surface area (TPSA) is 99.6 Å². The van der Waals surface area contributed by atoms with Gasteiger partial charge in [-0.05, 0) is 12.1 Å². The molecular formula is C23H17NO6. The number of ether oxygens (including phenoxy) is 2. The average Bonchev–Trinajstić information content (AvgIpc) is 2.81. The van der Waals surface area contributed by atoms with Crippen molar-refractivity contribution in [2.45, 2.75) is 0 Å². The number of carbonyl (C=O) groups is 4. The molecule has 7 heteroatoms. The van der Waals surface area contributed by atoms with Gasteiger partial charge in [0, 0.05) is 17.3 Å². The molecule has 0 unspecified atom stereocenters. The number of benzene rings is 2. The van der Waals surface area contributed by atoms with Gasteiger partial charge in [0.2, 0.25) is 0 Å². The Morgan fingerprint density at radius 2 is 1.10 bits per heavy atom. The summed E-state index contributed by atoms with van der Waals surface area (Å²) in [6, 6.07) is 19.5. The molecule has 0 saturated heterocycles. The Morgan fingerprint density at radius 3 is 1.57 bits per heavy atom. The van der Waals surface area contributed by atoms with Crippen molar-refractivity contribution in [3.8, 4) is 0 Å². The van der Waals surface area contributed by atoms with Gasteiger partial charge < -0.3 is 9.47 Å². The molecule has 0 spiro atoms. The van der Waals surface area contributed by atoms with Gasteiger partial charge in [0.1, 0.15) is 5.69 Å². The number of ketones is 2. The number of hydrogen-bond acceptors (Lipinski definition) is 7. The van der Waals surface area contributed by atoms with Crippen LogP contribution < -0.4 is 0 Å². The van der Waals surface area contributed by atoms with Crippen LogP contribution in [0.5, 0.6) is 0 Å². The van der Waals surface area contributed by atoms with E-state index in [4.69, 9.17) is 9.47 Å². The molecule has 1 heterocycles. The van der Waals surface area contributed by atoms with Crippen molar-refractivity contribution in [1.29, 1.82) is 0 Å². The fraction of sp³-hybridized carbons (Fsp3) is 0.0870. The molecular weight excluding hydrogens is 386 g/mol. The Kier molecular flexibility index (Phi) is 6.78. The number of carbonyl (C=O) groups excluding carboxylic acids is 4. The SMILES string of the molecule is O=C(COC(=O)c1ccc(C(=O)OCC(=O)c2ccccc2)nc1)c1ccccc1. The zero-order valence-electron chi connectivity index (χ0n) is 15.8. The van der Waals surface area contributed by atoms with Gasteiger partial charge in [0.15, 0.2) is 24.8 Å². The van der Waals surface area contributed by atoms with E-state index < -0.39 is 25.2 Å². The Bertz CT molecular complexity index is 960. The Hall–Kier alpha value is -4.13. The zero-order chi connectivity index (χ0) is 21.3. The van der Waals surface area contributed by atoms with Crippen LogP contribution in [0.4, 0.5) is 0 Å². The smallest absolute Gasteiger partial charge is 0.357 e. The molecule has 0 amide bonds. The summed E-state index contributed by atoms with van der Waals surface area (Å²) in [6.45, 7) is -0.829. The van der Waals surface area contributed by atoms with Crippen molar-refractivity contribution in [3.63, 3.8) is 0 Å². The van der Waals surface area contributed by atoms with Gasteiger partial charge in [-0.15, -0.1) is 0 Å². The van der Waals surface area contributed by atoms with Crippen LogP contribution in [0.3, 0.4) is 0 Å². The number of esters is 2. The number of hydrogen-bond donors (Lipinski definition) is 0. The fourth-order valence-electron chi connectivity index (χ4n) is 2.47. The molecule has 150 valence electrons. The lowest BCUT2D eigenvalue weighted by atomic mass is 10.1. The summed E-state index contributed by atoms with van der Waals surface area (Å²) < 4.78 is 9.94. The normalized spacial score (nSPS) is 10.1. The lowest BCUT2D eigenvalue weighted by Gasteiger charge is -2.06. The first-order chi connectivity index (χ1) is 14.5. The molecule has 7 nitrogen and oxygen atoms in total. The first kappa shape index (κ1) is 20.6. The molecule has 0 aliphatic rings. The van der Waals surface area contributed by atoms with Gasteiger partial charge in [0.25, 0.3) is 0 Å². The highest BCUT2D eigenvalue weighted by Crippen LogP contribution is 2.07. The highest BCUT2D eigenvalue weighted by atomic mass is 16.5. The van der Waals surface area contributed by atoms with Crippen LogP contribution in [0.1, 0.15) is 41.6 Å². The summed E-state index contributed by atoms with van der Waals surface area (Å²) in [6.07, 6.45) is 1.14. The van der Waals surface area contributed by atoms with E-state index in [-0.39, 0.29) is 22.8 Å². The highest BCUT2D eigenvalue weighted by Gasteiger charge is 2.16. The molecule has 0 N–H and O–H groups in total. The van der Waals surface area contributed by atoms with Gasteiger partial charge in [-0.1, -0.05) is 60.7 Å². The molecule has 3 aromatic rings. The van der Waals surface area contributed by atoms with Crippen LogP contribution in [0.15, 0.2) is 79.0 Å². The van der Waals surface area contributed by atoms with Gasteiger partial charge in [0.05, 0.1) is 5.56 Å². The van der Waals surface area contributed by atoms with Crippen molar-refractivity contribution in [2.24, 2.45) is 0 Å². The van der Waals surface area contributed by atoms with Gasteiger partial charge in [-0.2, -0.15) is 0 Å². The first-order valence-electron chi connectivity index (χ1n) is 9.01. The lowest BCUT2D eigenvalue weighted by molar-refractivity contribution is 0.0462. The van der Waals surface area contributed by atoms with Crippen LogP contribution in [0.25, 0.3) is 0 Å². The van der Waals surface area contributed by atoms with Crippen LogP contribution in [0.2, 0.25) is 0 Å².